The summed E-state index contributed by atoms with van der Waals surface area (Å²) in [5, 5.41) is 41.3. The minimum Gasteiger partial charge on any atom is -0.507 e. The Labute approximate surface area is 193 Å². The third kappa shape index (κ3) is 5.96. The van der Waals surface area contributed by atoms with Crippen LogP contribution < -0.4 is 0 Å². The fraction of sp³-hybridized carbons (Fsp3) is 0.480. The Balaban J connectivity index is 2.09. The molecule has 8 heteroatoms. The van der Waals surface area contributed by atoms with Crippen molar-refractivity contribution < 1.29 is 39.5 Å². The van der Waals surface area contributed by atoms with Crippen LogP contribution in [0.3, 0.4) is 0 Å². The van der Waals surface area contributed by atoms with Crippen molar-refractivity contribution in [3.63, 3.8) is 0 Å². The van der Waals surface area contributed by atoms with E-state index < -0.39 is 40.3 Å². The molecule has 0 radical (unpaired) electrons. The van der Waals surface area contributed by atoms with Crippen LogP contribution in [0.25, 0.3) is 5.76 Å². The summed E-state index contributed by atoms with van der Waals surface area (Å²) in [5.41, 5.74) is -4.04. The average molecular weight is 461 g/mol. The molecule has 0 saturated heterocycles. The monoisotopic (exact) mass is 460 g/mol. The van der Waals surface area contributed by atoms with Gasteiger partial charge in [-0.2, -0.15) is 0 Å². The van der Waals surface area contributed by atoms with E-state index in [1.807, 2.05) is 0 Å². The van der Waals surface area contributed by atoms with Gasteiger partial charge in [0.1, 0.15) is 5.76 Å². The molecule has 1 aromatic carbocycles. The summed E-state index contributed by atoms with van der Waals surface area (Å²) in [5.74, 6) is -2.89. The van der Waals surface area contributed by atoms with Gasteiger partial charge in [0.15, 0.2) is 5.60 Å². The van der Waals surface area contributed by atoms with Crippen LogP contribution >= 0.6 is 0 Å². The van der Waals surface area contributed by atoms with Gasteiger partial charge in [-0.1, -0.05) is 44.2 Å². The van der Waals surface area contributed by atoms with Gasteiger partial charge in [-0.05, 0) is 33.1 Å². The van der Waals surface area contributed by atoms with Crippen molar-refractivity contribution in [3.8, 4) is 0 Å². The number of fused-ring (bicyclic) bond motifs is 1. The SMILES string of the molecule is C=C[C@](C)(O)CC[C@@H](O)[C@@](C)(O)C(=O)OCC(C)(C)CC1=C(O)c2ccccc2C(=O)C1=O. The second-order valence-corrected chi connectivity index (χ2v) is 9.71. The van der Waals surface area contributed by atoms with Crippen molar-refractivity contribution in [2.24, 2.45) is 5.41 Å². The van der Waals surface area contributed by atoms with E-state index in [-0.39, 0.29) is 48.3 Å². The van der Waals surface area contributed by atoms with Gasteiger partial charge >= 0.3 is 5.97 Å². The lowest BCUT2D eigenvalue weighted by atomic mass is 9.79. The standard InChI is InChI=1S/C25H32O8/c1-6-24(4,31)12-11-18(26)25(5,32)22(30)33-14-23(2,3)13-17-19(27)15-9-7-8-10-16(15)20(28)21(17)29/h6-10,18,26-27,31-32H,1,11-14H2,2-5H3/t18-,24+,25-/m1/s1. The van der Waals surface area contributed by atoms with Crippen molar-refractivity contribution in [3.05, 3.63) is 53.6 Å². The van der Waals surface area contributed by atoms with E-state index >= 15 is 0 Å². The van der Waals surface area contributed by atoms with Gasteiger partial charge in [-0.3, -0.25) is 9.59 Å². The molecule has 0 bridgehead atoms. The summed E-state index contributed by atoms with van der Waals surface area (Å²) in [4.78, 5) is 37.5. The van der Waals surface area contributed by atoms with Crippen LogP contribution in [-0.4, -0.2) is 61.9 Å². The highest BCUT2D eigenvalue weighted by Crippen LogP contribution is 2.35. The number of rotatable bonds is 10. The quantitative estimate of drug-likeness (QED) is 0.237. The Kier molecular flexibility index (Phi) is 7.68. The second-order valence-electron chi connectivity index (χ2n) is 9.71. The highest BCUT2D eigenvalue weighted by Gasteiger charge is 2.42. The predicted octanol–water partition coefficient (Wildman–Crippen LogP) is 2.51. The minimum atomic E-state index is -2.23. The van der Waals surface area contributed by atoms with Crippen molar-refractivity contribution in [1.29, 1.82) is 0 Å². The second kappa shape index (κ2) is 9.59. The number of hydrogen-bond donors (Lipinski definition) is 4. The van der Waals surface area contributed by atoms with Gasteiger partial charge in [0.25, 0.3) is 0 Å². The zero-order valence-corrected chi connectivity index (χ0v) is 19.4. The topological polar surface area (TPSA) is 141 Å². The summed E-state index contributed by atoms with van der Waals surface area (Å²) >= 11 is 0. The molecule has 0 unspecified atom stereocenters. The molecule has 3 atom stereocenters. The molecule has 0 spiro atoms. The van der Waals surface area contributed by atoms with E-state index in [0.717, 1.165) is 6.92 Å². The molecule has 0 aliphatic heterocycles. The molecular formula is C25H32O8. The number of carbonyl (C=O) groups is 3. The average Bonchev–Trinajstić information content (AvgIpc) is 2.77. The highest BCUT2D eigenvalue weighted by molar-refractivity contribution is 6.52. The van der Waals surface area contributed by atoms with Gasteiger partial charge in [-0.15, -0.1) is 6.58 Å². The van der Waals surface area contributed by atoms with Crippen LogP contribution in [0, 0.1) is 5.41 Å². The molecule has 1 aliphatic carbocycles. The number of aliphatic hydroxyl groups is 4. The molecule has 1 aliphatic rings. The Morgan fingerprint density at radius 3 is 2.24 bits per heavy atom. The molecule has 0 fully saturated rings. The van der Waals surface area contributed by atoms with Crippen LogP contribution in [0.2, 0.25) is 0 Å². The van der Waals surface area contributed by atoms with Crippen LogP contribution in [0.4, 0.5) is 0 Å². The lowest BCUT2D eigenvalue weighted by molar-refractivity contribution is -0.179. The molecule has 0 heterocycles. The smallest absolute Gasteiger partial charge is 0.340 e. The first kappa shape index (κ1) is 26.4. The van der Waals surface area contributed by atoms with Crippen molar-refractivity contribution in [2.45, 2.75) is 64.3 Å². The van der Waals surface area contributed by atoms with Gasteiger partial charge < -0.3 is 25.2 Å². The van der Waals surface area contributed by atoms with E-state index in [1.54, 1.807) is 32.0 Å². The molecule has 0 amide bonds. The molecule has 0 aromatic heterocycles. The Morgan fingerprint density at radius 2 is 1.67 bits per heavy atom. The summed E-state index contributed by atoms with van der Waals surface area (Å²) in [6.07, 6.45) is -0.272. The van der Waals surface area contributed by atoms with E-state index in [0.29, 0.717) is 0 Å². The predicted molar refractivity (Wildman–Crippen MR) is 121 cm³/mol. The normalized spacial score (nSPS) is 18.8. The van der Waals surface area contributed by atoms with Crippen LogP contribution in [0.1, 0.15) is 62.9 Å². The number of benzene rings is 1. The summed E-state index contributed by atoms with van der Waals surface area (Å²) in [6.45, 7) is 9.18. The number of esters is 1. The minimum absolute atomic E-state index is 0.0576. The maximum Gasteiger partial charge on any atom is 0.340 e. The van der Waals surface area contributed by atoms with E-state index in [9.17, 15) is 34.8 Å². The maximum atomic E-state index is 12.6. The fourth-order valence-corrected chi connectivity index (χ4v) is 3.47. The number of ether oxygens (including phenoxy) is 1. The Bertz CT molecular complexity index is 984. The van der Waals surface area contributed by atoms with E-state index in [4.69, 9.17) is 4.74 Å². The third-order valence-corrected chi connectivity index (χ3v) is 5.87. The number of carbonyl (C=O) groups excluding carboxylic acids is 3. The van der Waals surface area contributed by atoms with Gasteiger partial charge in [0.2, 0.25) is 11.6 Å². The molecule has 8 nitrogen and oxygen atoms in total. The first-order valence-corrected chi connectivity index (χ1v) is 10.7. The number of hydrogen-bond acceptors (Lipinski definition) is 8. The van der Waals surface area contributed by atoms with Crippen LogP contribution in [0.5, 0.6) is 0 Å². The first-order chi connectivity index (χ1) is 15.1. The Morgan fingerprint density at radius 1 is 1.09 bits per heavy atom. The van der Waals surface area contributed by atoms with Crippen LogP contribution in [0.15, 0.2) is 42.5 Å². The summed E-state index contributed by atoms with van der Waals surface area (Å²) in [6, 6.07) is 6.26. The van der Waals surface area contributed by atoms with Crippen molar-refractivity contribution in [1.82, 2.24) is 0 Å². The Hall–Kier alpha value is -2.81. The molecule has 0 saturated carbocycles. The van der Waals surface area contributed by atoms with Crippen LogP contribution in [-0.2, 0) is 14.3 Å². The van der Waals surface area contributed by atoms with Gasteiger partial charge in [0, 0.05) is 22.1 Å². The zero-order valence-electron chi connectivity index (χ0n) is 19.4. The van der Waals surface area contributed by atoms with Gasteiger partial charge in [0.05, 0.1) is 18.3 Å². The number of aliphatic hydroxyl groups excluding tert-OH is 2. The molecule has 33 heavy (non-hydrogen) atoms. The lowest BCUT2D eigenvalue weighted by Gasteiger charge is -2.31. The lowest BCUT2D eigenvalue weighted by Crippen LogP contribution is -2.49. The third-order valence-electron chi connectivity index (χ3n) is 5.87. The van der Waals surface area contributed by atoms with Gasteiger partial charge in [-0.25, -0.2) is 4.79 Å². The van der Waals surface area contributed by atoms with Crippen molar-refractivity contribution in [2.75, 3.05) is 6.61 Å². The van der Waals surface area contributed by atoms with E-state index in [2.05, 4.69) is 6.58 Å². The number of Topliss-reactive ketones (excluding diaryl/α,β-unsaturated/α-hetero) is 2. The zero-order chi connectivity index (χ0) is 25.2. The molecule has 2 rings (SSSR count). The summed E-state index contributed by atoms with van der Waals surface area (Å²) in [7, 11) is 0. The number of allylic oxidation sites excluding steroid dienone is 1. The maximum absolute atomic E-state index is 12.6. The number of ketones is 2. The molecule has 1 aromatic rings. The molecular weight excluding hydrogens is 428 g/mol. The first-order valence-electron chi connectivity index (χ1n) is 10.7. The molecule has 180 valence electrons. The van der Waals surface area contributed by atoms with E-state index in [1.165, 1.54) is 19.1 Å². The fourth-order valence-electron chi connectivity index (χ4n) is 3.47. The highest BCUT2D eigenvalue weighted by atomic mass is 16.6. The molecule has 4 N–H and O–H groups in total. The van der Waals surface area contributed by atoms with Crippen molar-refractivity contribution >= 4 is 23.3 Å². The largest absolute Gasteiger partial charge is 0.507 e. The summed E-state index contributed by atoms with van der Waals surface area (Å²) < 4.78 is 5.23.